The van der Waals surface area contributed by atoms with E-state index in [0.717, 1.165) is 154 Å². The minimum absolute atomic E-state index is 0.0298. The molecule has 0 aliphatic heterocycles. The Kier molecular flexibility index (Phi) is 73.7. The number of ether oxygens (including phenoxy) is 4. The van der Waals surface area contributed by atoms with Crippen molar-refractivity contribution >= 4 is 39.5 Å². The highest BCUT2D eigenvalue weighted by atomic mass is 31.2. The lowest BCUT2D eigenvalue weighted by Crippen LogP contribution is -2.30. The summed E-state index contributed by atoms with van der Waals surface area (Å²) in [6, 6.07) is 0. The highest BCUT2D eigenvalue weighted by molar-refractivity contribution is 7.47. The van der Waals surface area contributed by atoms with Gasteiger partial charge < -0.3 is 33.8 Å². The smallest absolute Gasteiger partial charge is 0.462 e. The molecule has 0 aromatic rings. The molecule has 104 heavy (non-hydrogen) atoms. The van der Waals surface area contributed by atoms with Crippen LogP contribution in [0.25, 0.3) is 0 Å². The highest BCUT2D eigenvalue weighted by Crippen LogP contribution is 2.45. The van der Waals surface area contributed by atoms with E-state index in [-0.39, 0.29) is 25.7 Å². The number of phosphoric ester groups is 2. The van der Waals surface area contributed by atoms with Crippen LogP contribution in [-0.2, 0) is 65.4 Å². The molecular formula is C85H148O17P2. The van der Waals surface area contributed by atoms with Gasteiger partial charge in [0, 0.05) is 25.7 Å². The SMILES string of the molecule is CCCCC/C=C\C/C=C\C/C=C\C/C=C\C/C=C\CCC(=O)O[C@H](COC(=O)CCCCCCCCC/C=C\CCCCCC)COP(=O)(O)OC[C@@H](O)COP(=O)(O)OC[C@@H](COC(=O)CCCCCCCCC/C=C\CCCCCC)OC(=O)CCCCCCC/C=C\C/C=C\CCCCC. The number of allylic oxidation sites excluding steroid dienone is 18. The second kappa shape index (κ2) is 76.9. The number of carbonyl (C=O) groups is 4. The molecule has 600 valence electrons. The van der Waals surface area contributed by atoms with Crippen molar-refractivity contribution in [3.63, 3.8) is 0 Å². The summed E-state index contributed by atoms with van der Waals surface area (Å²) in [6.45, 7) is 4.73. The van der Waals surface area contributed by atoms with Crippen molar-refractivity contribution in [2.75, 3.05) is 39.6 Å². The van der Waals surface area contributed by atoms with E-state index >= 15 is 0 Å². The molecule has 19 heteroatoms. The van der Waals surface area contributed by atoms with Crippen LogP contribution in [0.3, 0.4) is 0 Å². The maximum Gasteiger partial charge on any atom is 0.472 e. The Bertz CT molecular complexity index is 2390. The summed E-state index contributed by atoms with van der Waals surface area (Å²) in [5, 5.41) is 10.6. The van der Waals surface area contributed by atoms with Crippen LogP contribution < -0.4 is 0 Å². The third kappa shape index (κ3) is 75.9. The standard InChI is InChI=1S/C85H148O17P2/c1-5-9-13-17-21-25-29-33-37-38-39-40-44-48-52-56-60-64-68-72-85(90)102-81(76-96-83(88)70-66-62-58-54-50-46-42-35-31-27-23-19-15-11-7-3)78-100-104(93,94)98-74-79(86)73-97-103(91,92)99-77-80(101-84(89)71-67-63-59-55-51-47-43-36-32-28-24-20-16-12-8-4)75-95-82(87)69-65-61-57-53-49-45-41-34-30-26-22-18-14-10-6-2/h21,24-28,30-31,33,36-37,39-40,43,48,52,60,64,79-81,86H,5-20,22-23,29,32,34-35,38,41-42,44-47,49-51,53-59,61-63,65-78H2,1-4H3,(H,91,92)(H,93,94)/b25-21-,28-24-,30-26-,31-27-,37-33-,40-39-,43-36-,52-48-,64-60-/t79-,80+,81+/m0/s1. The highest BCUT2D eigenvalue weighted by Gasteiger charge is 2.30. The number of phosphoric acid groups is 2. The van der Waals surface area contributed by atoms with Gasteiger partial charge >= 0.3 is 39.5 Å². The van der Waals surface area contributed by atoms with Crippen molar-refractivity contribution < 1.29 is 80.2 Å². The number of unbranched alkanes of at least 4 members (excludes halogenated alkanes) is 33. The molecule has 0 radical (unpaired) electrons. The van der Waals surface area contributed by atoms with Gasteiger partial charge in [-0.15, -0.1) is 0 Å². The normalized spacial score (nSPS) is 14.4. The lowest BCUT2D eigenvalue weighted by molar-refractivity contribution is -0.161. The summed E-state index contributed by atoms with van der Waals surface area (Å²) < 4.78 is 68.6. The van der Waals surface area contributed by atoms with Crippen molar-refractivity contribution in [2.45, 2.75) is 367 Å². The van der Waals surface area contributed by atoms with Gasteiger partial charge in [-0.25, -0.2) is 9.13 Å². The van der Waals surface area contributed by atoms with E-state index in [2.05, 4.69) is 119 Å². The first kappa shape index (κ1) is 99.7. The largest absolute Gasteiger partial charge is 0.472 e. The van der Waals surface area contributed by atoms with Crippen molar-refractivity contribution in [3.8, 4) is 0 Å². The van der Waals surface area contributed by atoms with E-state index in [1.165, 1.54) is 109 Å². The maximum atomic E-state index is 13.1. The Balaban J connectivity index is 5.44. The molecule has 2 unspecified atom stereocenters. The molecule has 0 aliphatic rings. The molecule has 5 atom stereocenters. The Morgan fingerprint density at radius 1 is 0.269 bits per heavy atom. The predicted molar refractivity (Wildman–Crippen MR) is 427 cm³/mol. The van der Waals surface area contributed by atoms with E-state index in [0.29, 0.717) is 32.1 Å². The number of hydrogen-bond acceptors (Lipinski definition) is 15. The fourth-order valence-corrected chi connectivity index (χ4v) is 12.4. The van der Waals surface area contributed by atoms with Gasteiger partial charge in [0.25, 0.3) is 0 Å². The van der Waals surface area contributed by atoms with Gasteiger partial charge in [0.05, 0.1) is 26.4 Å². The summed E-state index contributed by atoms with van der Waals surface area (Å²) in [6.07, 6.45) is 83.6. The quantitative estimate of drug-likeness (QED) is 0.0169. The zero-order valence-corrected chi connectivity index (χ0v) is 67.5. The molecule has 0 spiro atoms. The molecule has 0 aromatic carbocycles. The van der Waals surface area contributed by atoms with E-state index in [1.54, 1.807) is 0 Å². The molecule has 17 nitrogen and oxygen atoms in total. The Morgan fingerprint density at radius 2 is 0.490 bits per heavy atom. The molecular weight excluding hydrogens is 1350 g/mol. The number of carbonyl (C=O) groups excluding carboxylic acids is 4. The summed E-state index contributed by atoms with van der Waals surface area (Å²) in [5.41, 5.74) is 0. The zero-order valence-electron chi connectivity index (χ0n) is 65.7. The lowest BCUT2D eigenvalue weighted by atomic mass is 10.1. The molecule has 0 saturated carbocycles. The second-order valence-electron chi connectivity index (χ2n) is 27.3. The van der Waals surface area contributed by atoms with Crippen LogP contribution in [0.4, 0.5) is 0 Å². The Morgan fingerprint density at radius 3 is 0.808 bits per heavy atom. The first-order chi connectivity index (χ1) is 50.7. The van der Waals surface area contributed by atoms with Crippen molar-refractivity contribution in [2.24, 2.45) is 0 Å². The summed E-state index contributed by atoms with van der Waals surface area (Å²) in [4.78, 5) is 73.0. The number of esters is 4. The summed E-state index contributed by atoms with van der Waals surface area (Å²) in [7, 11) is -9.99. The second-order valence-corrected chi connectivity index (χ2v) is 30.3. The van der Waals surface area contributed by atoms with Gasteiger partial charge in [-0.1, -0.05) is 285 Å². The molecule has 0 fully saturated rings. The van der Waals surface area contributed by atoms with Crippen LogP contribution >= 0.6 is 15.6 Å². The van der Waals surface area contributed by atoms with Crippen LogP contribution in [0.15, 0.2) is 109 Å². The van der Waals surface area contributed by atoms with Gasteiger partial charge in [0.1, 0.15) is 19.3 Å². The van der Waals surface area contributed by atoms with Crippen molar-refractivity contribution in [1.82, 2.24) is 0 Å². The van der Waals surface area contributed by atoms with Gasteiger partial charge in [-0.3, -0.25) is 37.3 Å². The van der Waals surface area contributed by atoms with E-state index in [4.69, 9.17) is 37.0 Å². The number of aliphatic hydroxyl groups is 1. The van der Waals surface area contributed by atoms with E-state index in [9.17, 15) is 43.2 Å². The fraction of sp³-hybridized carbons (Fsp3) is 0.741. The van der Waals surface area contributed by atoms with Gasteiger partial charge in [0.15, 0.2) is 12.2 Å². The number of aliphatic hydroxyl groups excluding tert-OH is 1. The molecule has 0 aliphatic carbocycles. The summed E-state index contributed by atoms with van der Waals surface area (Å²) >= 11 is 0. The van der Waals surface area contributed by atoms with Gasteiger partial charge in [-0.05, 0) is 148 Å². The molecule has 0 saturated heterocycles. The van der Waals surface area contributed by atoms with E-state index < -0.39 is 97.5 Å². The monoisotopic (exact) mass is 1500 g/mol. The molecule has 3 N–H and O–H groups in total. The molecule has 0 aromatic heterocycles. The first-order valence-corrected chi connectivity index (χ1v) is 44.1. The number of rotatable bonds is 77. The van der Waals surface area contributed by atoms with Crippen LogP contribution in [0.1, 0.15) is 349 Å². The average Bonchev–Trinajstić information content (AvgIpc) is 0.943. The third-order valence-electron chi connectivity index (χ3n) is 17.2. The first-order valence-electron chi connectivity index (χ1n) is 41.1. The van der Waals surface area contributed by atoms with Crippen LogP contribution in [-0.4, -0.2) is 96.7 Å². The molecule has 0 amide bonds. The number of hydrogen-bond donors (Lipinski definition) is 3. The lowest BCUT2D eigenvalue weighted by Gasteiger charge is -2.21. The predicted octanol–water partition coefficient (Wildman–Crippen LogP) is 24.1. The van der Waals surface area contributed by atoms with Gasteiger partial charge in [-0.2, -0.15) is 0 Å². The minimum Gasteiger partial charge on any atom is -0.462 e. The topological polar surface area (TPSA) is 237 Å². The Hall–Kier alpha value is -4.28. The van der Waals surface area contributed by atoms with Crippen molar-refractivity contribution in [3.05, 3.63) is 109 Å². The fourth-order valence-electron chi connectivity index (χ4n) is 10.9. The zero-order chi connectivity index (χ0) is 76.0. The average molecular weight is 1500 g/mol. The third-order valence-corrected chi connectivity index (χ3v) is 19.1. The minimum atomic E-state index is -5.00. The van der Waals surface area contributed by atoms with Crippen LogP contribution in [0, 0.1) is 0 Å². The molecule has 0 heterocycles. The summed E-state index contributed by atoms with van der Waals surface area (Å²) in [5.74, 6) is -2.28. The molecule has 0 bridgehead atoms. The molecule has 0 rings (SSSR count). The Labute approximate surface area is 632 Å². The van der Waals surface area contributed by atoms with Crippen LogP contribution in [0.5, 0.6) is 0 Å². The maximum absolute atomic E-state index is 13.1. The van der Waals surface area contributed by atoms with Crippen LogP contribution in [0.2, 0.25) is 0 Å². The van der Waals surface area contributed by atoms with E-state index in [1.807, 2.05) is 18.2 Å². The van der Waals surface area contributed by atoms with Crippen molar-refractivity contribution in [1.29, 1.82) is 0 Å². The van der Waals surface area contributed by atoms with Gasteiger partial charge in [0.2, 0.25) is 0 Å².